The van der Waals surface area contributed by atoms with Crippen LogP contribution in [0.4, 0.5) is 0 Å². The van der Waals surface area contributed by atoms with Crippen LogP contribution in [0.5, 0.6) is 5.75 Å². The van der Waals surface area contributed by atoms with Crippen LogP contribution in [0.2, 0.25) is 5.02 Å². The van der Waals surface area contributed by atoms with Crippen LogP contribution in [0.3, 0.4) is 0 Å². The average molecular weight is 304 g/mol. The summed E-state index contributed by atoms with van der Waals surface area (Å²) < 4.78 is 5.10. The highest BCUT2D eigenvalue weighted by atomic mass is 35.5. The summed E-state index contributed by atoms with van der Waals surface area (Å²) in [4.78, 5) is 15.9. The number of ether oxygens (including phenoxy) is 1. The SMILES string of the molecule is COc1ccc(Cl)c(CC(=O)N/N=C/c2ccccn2)c1. The molecule has 0 radical (unpaired) electrons. The Hall–Kier alpha value is -2.40. The lowest BCUT2D eigenvalue weighted by atomic mass is 10.1. The maximum atomic E-state index is 11.8. The first kappa shape index (κ1) is 15.0. The first-order valence-electron chi connectivity index (χ1n) is 6.24. The van der Waals surface area contributed by atoms with Crippen molar-refractivity contribution >= 4 is 23.7 Å². The van der Waals surface area contributed by atoms with Crippen LogP contribution >= 0.6 is 11.6 Å². The van der Waals surface area contributed by atoms with Crippen molar-refractivity contribution in [2.75, 3.05) is 7.11 Å². The van der Waals surface area contributed by atoms with E-state index in [9.17, 15) is 4.79 Å². The van der Waals surface area contributed by atoms with Gasteiger partial charge in [-0.25, -0.2) is 5.43 Å². The number of nitrogens with zero attached hydrogens (tertiary/aromatic N) is 2. The zero-order chi connectivity index (χ0) is 15.1. The lowest BCUT2D eigenvalue weighted by Crippen LogP contribution is -2.20. The van der Waals surface area contributed by atoms with Gasteiger partial charge in [0.05, 0.1) is 25.4 Å². The van der Waals surface area contributed by atoms with Gasteiger partial charge in [-0.15, -0.1) is 0 Å². The molecule has 0 aliphatic carbocycles. The van der Waals surface area contributed by atoms with E-state index in [1.165, 1.54) is 6.21 Å². The minimum absolute atomic E-state index is 0.121. The van der Waals surface area contributed by atoms with Crippen molar-refractivity contribution in [1.82, 2.24) is 10.4 Å². The van der Waals surface area contributed by atoms with Crippen molar-refractivity contribution in [2.24, 2.45) is 5.10 Å². The van der Waals surface area contributed by atoms with Gasteiger partial charge >= 0.3 is 0 Å². The Bertz CT molecular complexity index is 645. The van der Waals surface area contributed by atoms with E-state index in [2.05, 4.69) is 15.5 Å². The first-order chi connectivity index (χ1) is 10.2. The minimum Gasteiger partial charge on any atom is -0.497 e. The average Bonchev–Trinajstić information content (AvgIpc) is 2.50. The Kier molecular flexibility index (Phi) is 5.29. The van der Waals surface area contributed by atoms with Gasteiger partial charge in [0.1, 0.15) is 5.75 Å². The summed E-state index contributed by atoms with van der Waals surface area (Å²) in [5, 5.41) is 4.36. The summed E-state index contributed by atoms with van der Waals surface area (Å²) in [5.41, 5.74) is 3.78. The van der Waals surface area contributed by atoms with E-state index in [0.29, 0.717) is 22.0 Å². The quantitative estimate of drug-likeness (QED) is 0.681. The number of carbonyl (C=O) groups is 1. The van der Waals surface area contributed by atoms with Crippen LogP contribution in [0.15, 0.2) is 47.7 Å². The summed E-state index contributed by atoms with van der Waals surface area (Å²) in [6, 6.07) is 10.6. The molecule has 0 unspecified atom stereocenters. The fourth-order valence-corrected chi connectivity index (χ4v) is 1.83. The third-order valence-corrected chi connectivity index (χ3v) is 3.05. The molecule has 2 rings (SSSR count). The third-order valence-electron chi connectivity index (χ3n) is 2.68. The van der Waals surface area contributed by atoms with Gasteiger partial charge < -0.3 is 4.74 Å². The maximum Gasteiger partial charge on any atom is 0.244 e. The summed E-state index contributed by atoms with van der Waals surface area (Å²) in [7, 11) is 1.56. The van der Waals surface area contributed by atoms with Crippen LogP contribution in [0, 0.1) is 0 Å². The number of rotatable bonds is 5. The number of methoxy groups -OCH3 is 1. The smallest absolute Gasteiger partial charge is 0.244 e. The van der Waals surface area contributed by atoms with Gasteiger partial charge in [0.15, 0.2) is 0 Å². The van der Waals surface area contributed by atoms with E-state index in [0.717, 1.165) is 0 Å². The Labute approximate surface area is 127 Å². The second kappa shape index (κ2) is 7.40. The third kappa shape index (κ3) is 4.57. The number of amides is 1. The predicted octanol–water partition coefficient (Wildman–Crippen LogP) is 2.44. The predicted molar refractivity (Wildman–Crippen MR) is 81.7 cm³/mol. The van der Waals surface area contributed by atoms with Crippen molar-refractivity contribution in [1.29, 1.82) is 0 Å². The first-order valence-corrected chi connectivity index (χ1v) is 6.62. The van der Waals surface area contributed by atoms with E-state index in [4.69, 9.17) is 16.3 Å². The topological polar surface area (TPSA) is 63.6 Å². The van der Waals surface area contributed by atoms with Crippen molar-refractivity contribution in [3.63, 3.8) is 0 Å². The molecule has 0 bridgehead atoms. The molecular formula is C15H14ClN3O2. The molecule has 1 aromatic carbocycles. The normalized spacial score (nSPS) is 10.6. The lowest BCUT2D eigenvalue weighted by molar-refractivity contribution is -0.120. The molecule has 2 aromatic rings. The molecule has 0 spiro atoms. The second-order valence-electron chi connectivity index (χ2n) is 4.18. The van der Waals surface area contributed by atoms with E-state index in [1.807, 2.05) is 6.07 Å². The number of hydrogen-bond donors (Lipinski definition) is 1. The summed E-state index contributed by atoms with van der Waals surface area (Å²) in [6.07, 6.45) is 3.25. The van der Waals surface area contributed by atoms with E-state index >= 15 is 0 Å². The highest BCUT2D eigenvalue weighted by Gasteiger charge is 2.07. The number of nitrogens with one attached hydrogen (secondary N) is 1. The Morgan fingerprint density at radius 3 is 3.00 bits per heavy atom. The molecule has 108 valence electrons. The molecule has 0 saturated carbocycles. The van der Waals surface area contributed by atoms with Gasteiger partial charge in [-0.1, -0.05) is 17.7 Å². The molecule has 0 atom stereocenters. The zero-order valence-corrected chi connectivity index (χ0v) is 12.2. The van der Waals surface area contributed by atoms with E-state index in [-0.39, 0.29) is 12.3 Å². The number of carbonyl (C=O) groups excluding carboxylic acids is 1. The Balaban J connectivity index is 1.94. The number of pyridine rings is 1. The largest absolute Gasteiger partial charge is 0.497 e. The minimum atomic E-state index is -0.266. The van der Waals surface area contributed by atoms with Gasteiger partial charge in [0, 0.05) is 11.2 Å². The zero-order valence-electron chi connectivity index (χ0n) is 11.4. The van der Waals surface area contributed by atoms with Gasteiger partial charge in [-0.05, 0) is 35.9 Å². The van der Waals surface area contributed by atoms with Crippen molar-refractivity contribution < 1.29 is 9.53 Å². The monoisotopic (exact) mass is 303 g/mol. The van der Waals surface area contributed by atoms with E-state index < -0.39 is 0 Å². The second-order valence-corrected chi connectivity index (χ2v) is 4.59. The number of hydrogen-bond acceptors (Lipinski definition) is 4. The van der Waals surface area contributed by atoms with Crippen LogP contribution in [0.25, 0.3) is 0 Å². The standard InChI is InChI=1S/C15H14ClN3O2/c1-21-13-5-6-14(16)11(8-13)9-15(20)19-18-10-12-4-2-3-7-17-12/h2-8,10H,9H2,1H3,(H,19,20)/b18-10+. The van der Waals surface area contributed by atoms with Gasteiger partial charge in [0.25, 0.3) is 0 Å². The molecule has 1 amide bonds. The number of aromatic nitrogens is 1. The molecule has 1 aromatic heterocycles. The van der Waals surface area contributed by atoms with E-state index in [1.54, 1.807) is 43.6 Å². The van der Waals surface area contributed by atoms with Crippen LogP contribution in [-0.4, -0.2) is 24.2 Å². The Morgan fingerprint density at radius 2 is 2.29 bits per heavy atom. The van der Waals surface area contributed by atoms with Crippen molar-refractivity contribution in [2.45, 2.75) is 6.42 Å². The molecule has 0 fully saturated rings. The number of hydrazone groups is 1. The van der Waals surface area contributed by atoms with Crippen LogP contribution in [0.1, 0.15) is 11.3 Å². The van der Waals surface area contributed by atoms with Crippen molar-refractivity contribution in [3.8, 4) is 5.75 Å². The van der Waals surface area contributed by atoms with Gasteiger partial charge in [0.2, 0.25) is 5.91 Å². The number of halogens is 1. The molecule has 1 heterocycles. The molecule has 1 N–H and O–H groups in total. The molecule has 6 heteroatoms. The highest BCUT2D eigenvalue weighted by Crippen LogP contribution is 2.22. The summed E-state index contributed by atoms with van der Waals surface area (Å²) in [6.45, 7) is 0. The van der Waals surface area contributed by atoms with Crippen LogP contribution < -0.4 is 10.2 Å². The highest BCUT2D eigenvalue weighted by molar-refractivity contribution is 6.31. The summed E-state index contributed by atoms with van der Waals surface area (Å²) in [5.74, 6) is 0.386. The van der Waals surface area contributed by atoms with Crippen molar-refractivity contribution in [3.05, 3.63) is 58.9 Å². The number of benzene rings is 1. The molecule has 5 nitrogen and oxygen atoms in total. The molecule has 0 aliphatic heterocycles. The maximum absolute atomic E-state index is 11.8. The fraction of sp³-hybridized carbons (Fsp3) is 0.133. The molecule has 0 saturated heterocycles. The van der Waals surface area contributed by atoms with Crippen LogP contribution in [-0.2, 0) is 11.2 Å². The Morgan fingerprint density at radius 1 is 1.43 bits per heavy atom. The lowest BCUT2D eigenvalue weighted by Gasteiger charge is -2.06. The fourth-order valence-electron chi connectivity index (χ4n) is 1.65. The molecule has 0 aliphatic rings. The summed E-state index contributed by atoms with van der Waals surface area (Å²) >= 11 is 6.04. The molecular weight excluding hydrogens is 290 g/mol. The van der Waals surface area contributed by atoms with Gasteiger partial charge in [-0.2, -0.15) is 5.10 Å². The molecule has 21 heavy (non-hydrogen) atoms. The van der Waals surface area contributed by atoms with Gasteiger partial charge in [-0.3, -0.25) is 9.78 Å².